The predicted octanol–water partition coefficient (Wildman–Crippen LogP) is 3.13. The van der Waals surface area contributed by atoms with E-state index >= 15 is 0 Å². The molecule has 5 nitrogen and oxygen atoms in total. The molecule has 1 fully saturated rings. The van der Waals surface area contributed by atoms with Crippen LogP contribution in [-0.4, -0.2) is 29.6 Å². The lowest BCUT2D eigenvalue weighted by molar-refractivity contribution is -0.143. The highest BCUT2D eigenvalue weighted by Gasteiger charge is 2.30. The number of rotatable bonds is 7. The van der Waals surface area contributed by atoms with Gasteiger partial charge in [-0.2, -0.15) is 0 Å². The molecule has 1 aliphatic carbocycles. The monoisotopic (exact) mass is 337 g/mol. The number of carboxylic acid groups (broad SMARTS) is 1. The van der Waals surface area contributed by atoms with Crippen LogP contribution in [0.15, 0.2) is 24.3 Å². The zero-order valence-electron chi connectivity index (χ0n) is 13.7. The fraction of sp³-hybridized carbons (Fsp3) is 0.556. The number of carbonyl (C=O) groups excluding carboxylic acids is 1. The van der Waals surface area contributed by atoms with Crippen molar-refractivity contribution >= 4 is 11.9 Å². The molecule has 1 aromatic rings. The number of amides is 1. The quantitative estimate of drug-likeness (QED) is 0.592. The van der Waals surface area contributed by atoms with E-state index in [0.29, 0.717) is 31.6 Å². The zero-order valence-corrected chi connectivity index (χ0v) is 13.7. The summed E-state index contributed by atoms with van der Waals surface area (Å²) in [6, 6.07) is 5.57. The van der Waals surface area contributed by atoms with Crippen molar-refractivity contribution in [3.63, 3.8) is 0 Å². The standard InChI is InChI=1S/C18H24FNO4/c19-13-6-4-7-14(12-13)24-11-5-10-17(21)20-16-9-3-1-2-8-15(16)18(22)23/h4,6-7,12,15-16H,1-3,5,8-11H2,(H,20,21)(H,22,23)/t15-,16+/m1/s1. The van der Waals surface area contributed by atoms with Crippen molar-refractivity contribution in [2.45, 2.75) is 51.0 Å². The second kappa shape index (κ2) is 9.25. The van der Waals surface area contributed by atoms with Crippen molar-refractivity contribution in [2.75, 3.05) is 6.61 Å². The minimum atomic E-state index is -0.836. The molecular weight excluding hydrogens is 313 g/mol. The van der Waals surface area contributed by atoms with Gasteiger partial charge in [-0.05, 0) is 31.4 Å². The van der Waals surface area contributed by atoms with E-state index in [1.807, 2.05) is 0 Å². The summed E-state index contributed by atoms with van der Waals surface area (Å²) in [4.78, 5) is 23.4. The number of ether oxygens (including phenoxy) is 1. The van der Waals surface area contributed by atoms with E-state index in [9.17, 15) is 19.1 Å². The Morgan fingerprint density at radius 3 is 2.79 bits per heavy atom. The van der Waals surface area contributed by atoms with Crippen molar-refractivity contribution in [1.29, 1.82) is 0 Å². The molecule has 0 saturated heterocycles. The number of hydrogen-bond donors (Lipinski definition) is 2. The van der Waals surface area contributed by atoms with Gasteiger partial charge < -0.3 is 15.2 Å². The summed E-state index contributed by atoms with van der Waals surface area (Å²) in [5, 5.41) is 12.2. The molecular formula is C18H24FNO4. The van der Waals surface area contributed by atoms with Crippen LogP contribution in [0.4, 0.5) is 4.39 Å². The molecule has 24 heavy (non-hydrogen) atoms. The molecule has 0 aliphatic heterocycles. The van der Waals surface area contributed by atoms with Crippen LogP contribution in [0.2, 0.25) is 0 Å². The minimum absolute atomic E-state index is 0.156. The third-order valence-corrected chi connectivity index (χ3v) is 4.29. The van der Waals surface area contributed by atoms with Crippen LogP contribution in [-0.2, 0) is 9.59 Å². The number of aliphatic carboxylic acids is 1. The second-order valence-electron chi connectivity index (χ2n) is 6.17. The first-order valence-electron chi connectivity index (χ1n) is 8.47. The first-order valence-corrected chi connectivity index (χ1v) is 8.47. The maximum Gasteiger partial charge on any atom is 0.308 e. The van der Waals surface area contributed by atoms with Gasteiger partial charge in [0, 0.05) is 18.5 Å². The second-order valence-corrected chi connectivity index (χ2v) is 6.17. The first kappa shape index (κ1) is 18.2. The summed E-state index contributed by atoms with van der Waals surface area (Å²) in [5.74, 6) is -1.42. The van der Waals surface area contributed by atoms with Gasteiger partial charge >= 0.3 is 5.97 Å². The van der Waals surface area contributed by atoms with E-state index in [1.165, 1.54) is 12.1 Å². The number of benzene rings is 1. The number of hydrogen-bond acceptors (Lipinski definition) is 3. The van der Waals surface area contributed by atoms with Crippen molar-refractivity contribution < 1.29 is 23.8 Å². The maximum atomic E-state index is 13.0. The van der Waals surface area contributed by atoms with Crippen LogP contribution in [0.25, 0.3) is 0 Å². The molecule has 0 unspecified atom stereocenters. The number of carboxylic acids is 1. The highest BCUT2D eigenvalue weighted by Crippen LogP contribution is 2.24. The van der Waals surface area contributed by atoms with Crippen LogP contribution in [0, 0.1) is 11.7 Å². The Bertz CT molecular complexity index is 564. The van der Waals surface area contributed by atoms with Gasteiger partial charge in [-0.25, -0.2) is 4.39 Å². The SMILES string of the molecule is O=C(CCCOc1cccc(F)c1)N[C@H]1CCCCC[C@H]1C(=O)O. The van der Waals surface area contributed by atoms with Crippen molar-refractivity contribution in [3.05, 3.63) is 30.1 Å². The Morgan fingerprint density at radius 2 is 2.04 bits per heavy atom. The summed E-state index contributed by atoms with van der Waals surface area (Å²) in [6.07, 6.45) is 4.93. The lowest BCUT2D eigenvalue weighted by atomic mass is 9.94. The molecule has 0 bridgehead atoms. The van der Waals surface area contributed by atoms with Crippen molar-refractivity contribution in [3.8, 4) is 5.75 Å². The third-order valence-electron chi connectivity index (χ3n) is 4.29. The summed E-state index contributed by atoms with van der Waals surface area (Å²) in [5.41, 5.74) is 0. The molecule has 0 radical (unpaired) electrons. The maximum absolute atomic E-state index is 13.0. The summed E-state index contributed by atoms with van der Waals surface area (Å²) in [6.45, 7) is 0.309. The normalized spacial score (nSPS) is 20.9. The van der Waals surface area contributed by atoms with Crippen LogP contribution >= 0.6 is 0 Å². The number of halogens is 1. The lowest BCUT2D eigenvalue weighted by Crippen LogP contribution is -2.42. The molecule has 0 heterocycles. The van der Waals surface area contributed by atoms with E-state index in [1.54, 1.807) is 12.1 Å². The molecule has 2 N–H and O–H groups in total. The van der Waals surface area contributed by atoms with Crippen LogP contribution in [0.5, 0.6) is 5.75 Å². The molecule has 1 aromatic carbocycles. The summed E-state index contributed by atoms with van der Waals surface area (Å²) in [7, 11) is 0. The topological polar surface area (TPSA) is 75.6 Å². The molecule has 0 aromatic heterocycles. The Morgan fingerprint density at radius 1 is 1.25 bits per heavy atom. The molecule has 1 aliphatic rings. The van der Waals surface area contributed by atoms with Crippen LogP contribution in [0.3, 0.4) is 0 Å². The van der Waals surface area contributed by atoms with Gasteiger partial charge in [0.2, 0.25) is 5.91 Å². The lowest BCUT2D eigenvalue weighted by Gasteiger charge is -2.22. The zero-order chi connectivity index (χ0) is 17.4. The Labute approximate surface area is 141 Å². The highest BCUT2D eigenvalue weighted by molar-refractivity contribution is 5.78. The van der Waals surface area contributed by atoms with E-state index in [4.69, 9.17) is 4.74 Å². The molecule has 1 saturated carbocycles. The molecule has 0 spiro atoms. The van der Waals surface area contributed by atoms with Gasteiger partial charge in [0.1, 0.15) is 11.6 Å². The minimum Gasteiger partial charge on any atom is -0.493 e. The van der Waals surface area contributed by atoms with Crippen LogP contribution < -0.4 is 10.1 Å². The molecule has 132 valence electrons. The largest absolute Gasteiger partial charge is 0.493 e. The van der Waals surface area contributed by atoms with E-state index in [-0.39, 0.29) is 24.2 Å². The van der Waals surface area contributed by atoms with Gasteiger partial charge in [0.15, 0.2) is 0 Å². The Balaban J connectivity index is 1.72. The van der Waals surface area contributed by atoms with Crippen LogP contribution in [0.1, 0.15) is 44.9 Å². The van der Waals surface area contributed by atoms with Crippen molar-refractivity contribution in [1.82, 2.24) is 5.32 Å². The Kier molecular flexibility index (Phi) is 7.03. The van der Waals surface area contributed by atoms with Gasteiger partial charge in [-0.3, -0.25) is 9.59 Å². The molecule has 2 atom stereocenters. The van der Waals surface area contributed by atoms with E-state index in [2.05, 4.69) is 5.32 Å². The fourth-order valence-corrected chi connectivity index (χ4v) is 3.03. The fourth-order valence-electron chi connectivity index (χ4n) is 3.03. The number of carbonyl (C=O) groups is 2. The predicted molar refractivity (Wildman–Crippen MR) is 87.3 cm³/mol. The number of nitrogens with one attached hydrogen (secondary N) is 1. The van der Waals surface area contributed by atoms with Gasteiger partial charge in [0.05, 0.1) is 12.5 Å². The van der Waals surface area contributed by atoms with E-state index in [0.717, 1.165) is 19.3 Å². The summed E-state index contributed by atoms with van der Waals surface area (Å²) < 4.78 is 18.4. The average Bonchev–Trinajstić information content (AvgIpc) is 2.77. The Hall–Kier alpha value is -2.11. The molecule has 6 heteroatoms. The highest BCUT2D eigenvalue weighted by atomic mass is 19.1. The third kappa shape index (κ3) is 5.83. The van der Waals surface area contributed by atoms with Gasteiger partial charge in [-0.15, -0.1) is 0 Å². The van der Waals surface area contributed by atoms with Gasteiger partial charge in [0.25, 0.3) is 0 Å². The smallest absolute Gasteiger partial charge is 0.308 e. The molecule has 2 rings (SSSR count). The summed E-state index contributed by atoms with van der Waals surface area (Å²) >= 11 is 0. The molecule has 1 amide bonds. The average molecular weight is 337 g/mol. The van der Waals surface area contributed by atoms with Crippen molar-refractivity contribution in [2.24, 2.45) is 5.92 Å². The van der Waals surface area contributed by atoms with Gasteiger partial charge in [-0.1, -0.05) is 25.3 Å². The first-order chi connectivity index (χ1) is 11.6. The van der Waals surface area contributed by atoms with E-state index < -0.39 is 11.9 Å².